The van der Waals surface area contributed by atoms with E-state index in [9.17, 15) is 28.0 Å². The predicted octanol–water partition coefficient (Wildman–Crippen LogP) is 6.68. The van der Waals surface area contributed by atoms with Crippen LogP contribution in [-0.4, -0.2) is 18.4 Å². The lowest BCUT2D eigenvalue weighted by Gasteiger charge is -2.11. The molecule has 2 amide bonds. The van der Waals surface area contributed by atoms with Gasteiger partial charge in [0.05, 0.1) is 20.7 Å². The van der Waals surface area contributed by atoms with Crippen molar-refractivity contribution >= 4 is 56.8 Å². The molecule has 0 bridgehead atoms. The van der Waals surface area contributed by atoms with Gasteiger partial charge in [-0.15, -0.1) is 0 Å². The first-order valence-corrected chi connectivity index (χ1v) is 11.3. The third-order valence-corrected chi connectivity index (χ3v) is 5.54. The van der Waals surface area contributed by atoms with Crippen molar-refractivity contribution in [3.8, 4) is 11.8 Å². The van der Waals surface area contributed by atoms with Crippen LogP contribution in [0.4, 0.5) is 24.5 Å². The average Bonchev–Trinajstić information content (AvgIpc) is 2.83. The first-order chi connectivity index (χ1) is 17.1. The second-order valence-corrected chi connectivity index (χ2v) is 8.47. The molecule has 0 unspecified atom stereocenters. The van der Waals surface area contributed by atoms with E-state index in [2.05, 4.69) is 26.6 Å². The van der Waals surface area contributed by atoms with E-state index in [-0.39, 0.29) is 17.9 Å². The van der Waals surface area contributed by atoms with Crippen molar-refractivity contribution in [2.24, 2.45) is 0 Å². The zero-order valence-electron chi connectivity index (χ0n) is 18.2. The fraction of sp³-hybridized carbons (Fsp3) is 0.0800. The molecule has 36 heavy (non-hydrogen) atoms. The van der Waals surface area contributed by atoms with Gasteiger partial charge in [-0.2, -0.15) is 18.4 Å². The van der Waals surface area contributed by atoms with Gasteiger partial charge in [0.2, 0.25) is 0 Å². The van der Waals surface area contributed by atoms with E-state index >= 15 is 0 Å². The second-order valence-electron chi connectivity index (χ2n) is 7.21. The Kier molecular flexibility index (Phi) is 8.74. The third kappa shape index (κ3) is 7.34. The zero-order chi connectivity index (χ0) is 26.3. The van der Waals surface area contributed by atoms with Crippen LogP contribution in [0.25, 0.3) is 6.08 Å². The third-order valence-electron chi connectivity index (χ3n) is 4.59. The van der Waals surface area contributed by atoms with Crippen LogP contribution in [0.2, 0.25) is 5.02 Å². The summed E-state index contributed by atoms with van der Waals surface area (Å²) in [6, 6.07) is 17.2. The molecule has 6 nitrogen and oxygen atoms in total. The van der Waals surface area contributed by atoms with E-state index < -0.39 is 23.6 Å². The maximum Gasteiger partial charge on any atom is 0.416 e. The summed E-state index contributed by atoms with van der Waals surface area (Å²) in [7, 11) is 0. The second kappa shape index (κ2) is 11.7. The van der Waals surface area contributed by atoms with E-state index in [1.165, 1.54) is 18.2 Å². The molecule has 11 heteroatoms. The van der Waals surface area contributed by atoms with Crippen molar-refractivity contribution in [3.63, 3.8) is 0 Å². The van der Waals surface area contributed by atoms with Gasteiger partial charge in [-0.3, -0.25) is 9.59 Å². The number of carbonyl (C=O) groups excluding carboxylic acids is 2. The molecule has 0 spiro atoms. The highest BCUT2D eigenvalue weighted by Crippen LogP contribution is 2.31. The number of amides is 2. The molecule has 0 atom stereocenters. The molecule has 0 saturated carbocycles. The molecule has 3 rings (SSSR count). The smallest absolute Gasteiger partial charge is 0.416 e. The Morgan fingerprint density at radius 3 is 2.47 bits per heavy atom. The monoisotopic (exact) mass is 577 g/mol. The minimum absolute atomic E-state index is 0.101. The Morgan fingerprint density at radius 1 is 1.06 bits per heavy atom. The summed E-state index contributed by atoms with van der Waals surface area (Å²) in [6.07, 6.45) is -3.30. The maximum atomic E-state index is 12.9. The molecule has 0 aliphatic rings. The van der Waals surface area contributed by atoms with Crippen molar-refractivity contribution in [3.05, 3.63) is 92.9 Å². The highest BCUT2D eigenvalue weighted by atomic mass is 79.9. The van der Waals surface area contributed by atoms with Crippen LogP contribution in [0.1, 0.15) is 11.1 Å². The van der Waals surface area contributed by atoms with Gasteiger partial charge < -0.3 is 15.4 Å². The minimum Gasteiger partial charge on any atom is -0.483 e. The number of anilines is 2. The summed E-state index contributed by atoms with van der Waals surface area (Å²) in [6.45, 7) is -0.304. The Morgan fingerprint density at radius 2 is 1.81 bits per heavy atom. The van der Waals surface area contributed by atoms with Crippen molar-refractivity contribution < 1.29 is 27.5 Å². The molecule has 184 valence electrons. The summed E-state index contributed by atoms with van der Waals surface area (Å²) in [4.78, 5) is 24.6. The Labute approximate surface area is 217 Å². The SMILES string of the molecule is N#C/C(=C\c1ccc(OCC(=O)Nc2ccccc2Cl)c(Br)c1)C(=O)Nc1cccc(C(F)(F)F)c1. The lowest BCUT2D eigenvalue weighted by molar-refractivity contribution is -0.137. The number of alkyl halides is 3. The van der Waals surface area contributed by atoms with E-state index in [1.807, 2.05) is 0 Å². The topological polar surface area (TPSA) is 91.2 Å². The minimum atomic E-state index is -4.57. The molecule has 0 saturated heterocycles. The van der Waals surface area contributed by atoms with Gasteiger partial charge in [0.15, 0.2) is 6.61 Å². The molecule has 0 fully saturated rings. The van der Waals surface area contributed by atoms with Gasteiger partial charge in [-0.05, 0) is 70.0 Å². The number of hydrogen-bond acceptors (Lipinski definition) is 4. The highest BCUT2D eigenvalue weighted by molar-refractivity contribution is 9.10. The number of nitrogens with zero attached hydrogens (tertiary/aromatic N) is 1. The molecule has 2 N–H and O–H groups in total. The summed E-state index contributed by atoms with van der Waals surface area (Å²) >= 11 is 9.32. The van der Waals surface area contributed by atoms with Crippen molar-refractivity contribution in [1.82, 2.24) is 0 Å². The summed E-state index contributed by atoms with van der Waals surface area (Å²) < 4.78 is 44.6. The lowest BCUT2D eigenvalue weighted by Crippen LogP contribution is -2.20. The van der Waals surface area contributed by atoms with Gasteiger partial charge >= 0.3 is 6.18 Å². The highest BCUT2D eigenvalue weighted by Gasteiger charge is 2.30. The van der Waals surface area contributed by atoms with Crippen LogP contribution in [0.5, 0.6) is 5.75 Å². The average molecular weight is 579 g/mol. The number of rotatable bonds is 7. The first-order valence-electron chi connectivity index (χ1n) is 10.1. The van der Waals surface area contributed by atoms with Gasteiger partial charge in [-0.1, -0.05) is 35.9 Å². The van der Waals surface area contributed by atoms with Gasteiger partial charge in [0, 0.05) is 5.69 Å². The number of hydrogen-bond donors (Lipinski definition) is 2. The van der Waals surface area contributed by atoms with Gasteiger partial charge in [0.1, 0.15) is 17.4 Å². The summed E-state index contributed by atoms with van der Waals surface area (Å²) in [5.74, 6) is -0.977. The number of nitrogens with one attached hydrogen (secondary N) is 2. The number of carbonyl (C=O) groups is 2. The first kappa shape index (κ1) is 26.8. The maximum absolute atomic E-state index is 12.9. The van der Waals surface area contributed by atoms with Crippen molar-refractivity contribution in [2.75, 3.05) is 17.2 Å². The normalized spacial score (nSPS) is 11.4. The molecule has 0 heterocycles. The van der Waals surface area contributed by atoms with Crippen molar-refractivity contribution in [1.29, 1.82) is 5.26 Å². The van der Waals surface area contributed by atoms with Crippen LogP contribution < -0.4 is 15.4 Å². The molecule has 3 aromatic rings. The van der Waals surface area contributed by atoms with Gasteiger partial charge in [-0.25, -0.2) is 0 Å². The quantitative estimate of drug-likeness (QED) is 0.242. The van der Waals surface area contributed by atoms with Crippen LogP contribution >= 0.6 is 27.5 Å². The number of ether oxygens (including phenoxy) is 1. The fourth-order valence-electron chi connectivity index (χ4n) is 2.90. The van der Waals surface area contributed by atoms with Crippen LogP contribution in [0, 0.1) is 11.3 Å². The predicted molar refractivity (Wildman–Crippen MR) is 133 cm³/mol. The molecule has 3 aromatic carbocycles. The summed E-state index contributed by atoms with van der Waals surface area (Å²) in [5.41, 5.74) is -0.476. The molecule has 0 radical (unpaired) electrons. The number of para-hydroxylation sites is 1. The largest absolute Gasteiger partial charge is 0.483 e. The molecule has 0 aliphatic heterocycles. The van der Waals surface area contributed by atoms with Crippen LogP contribution in [0.3, 0.4) is 0 Å². The fourth-order valence-corrected chi connectivity index (χ4v) is 3.60. The standard InChI is InChI=1S/C25H16BrClF3N3O3/c26-19-11-15(8-9-22(19)36-14-23(34)33-21-7-2-1-6-20(21)27)10-16(13-31)24(35)32-18-5-3-4-17(12-18)25(28,29)30/h1-12H,14H2,(H,32,35)(H,33,34)/b16-10+. The summed E-state index contributed by atoms with van der Waals surface area (Å²) in [5, 5.41) is 14.7. The number of benzene rings is 3. The Bertz CT molecular complexity index is 1370. The van der Waals surface area contributed by atoms with Crippen LogP contribution in [-0.2, 0) is 15.8 Å². The van der Waals surface area contributed by atoms with E-state index in [0.29, 0.717) is 26.5 Å². The lowest BCUT2D eigenvalue weighted by atomic mass is 10.1. The Balaban J connectivity index is 1.66. The molecule has 0 aromatic heterocycles. The van der Waals surface area contributed by atoms with Gasteiger partial charge in [0.25, 0.3) is 11.8 Å². The molecular weight excluding hydrogens is 563 g/mol. The van der Waals surface area contributed by atoms with Crippen molar-refractivity contribution in [2.45, 2.75) is 6.18 Å². The molecule has 0 aliphatic carbocycles. The van der Waals surface area contributed by atoms with E-state index in [4.69, 9.17) is 16.3 Å². The van der Waals surface area contributed by atoms with E-state index in [0.717, 1.165) is 18.2 Å². The number of halogens is 5. The Hall–Kier alpha value is -3.81. The van der Waals surface area contributed by atoms with Crippen LogP contribution in [0.15, 0.2) is 76.8 Å². The molecular formula is C25H16BrClF3N3O3. The van der Waals surface area contributed by atoms with E-state index in [1.54, 1.807) is 42.5 Å². The number of nitriles is 1. The zero-order valence-corrected chi connectivity index (χ0v) is 20.5.